The van der Waals surface area contributed by atoms with E-state index < -0.39 is 10.8 Å². The molecule has 2 aromatic rings. The summed E-state index contributed by atoms with van der Waals surface area (Å²) in [6, 6.07) is 14.0. The molecule has 2 aromatic carbocycles. The van der Waals surface area contributed by atoms with Gasteiger partial charge in [0, 0.05) is 23.1 Å². The first-order valence-electron chi connectivity index (χ1n) is 7.45. The number of carbonyl (C=O) groups is 1. The number of carbonyl (C=O) groups excluding carboxylic acids is 1. The maximum absolute atomic E-state index is 13.1. The van der Waals surface area contributed by atoms with Gasteiger partial charge in [0.25, 0.3) is 0 Å². The molecule has 23 heavy (non-hydrogen) atoms. The van der Waals surface area contributed by atoms with Gasteiger partial charge in [0.15, 0.2) is 0 Å². The lowest BCUT2D eigenvalue weighted by Gasteiger charge is -2.07. The maximum Gasteiger partial charge on any atom is 0.232 e. The highest BCUT2D eigenvalue weighted by molar-refractivity contribution is 7.84. The SMILES string of the molecule is Cc1ccccc1CCNC(=O)C[S@@](=O)Cc1cccc(F)c1. The number of rotatable bonds is 7. The van der Waals surface area contributed by atoms with Crippen molar-refractivity contribution in [3.05, 3.63) is 71.0 Å². The summed E-state index contributed by atoms with van der Waals surface area (Å²) in [4.78, 5) is 11.8. The fourth-order valence-corrected chi connectivity index (χ4v) is 3.34. The van der Waals surface area contributed by atoms with Gasteiger partial charge in [-0.05, 0) is 42.2 Å². The summed E-state index contributed by atoms with van der Waals surface area (Å²) < 4.78 is 25.0. The first-order chi connectivity index (χ1) is 11.0. The smallest absolute Gasteiger partial charge is 0.232 e. The van der Waals surface area contributed by atoms with Gasteiger partial charge in [-0.3, -0.25) is 9.00 Å². The van der Waals surface area contributed by atoms with Crippen molar-refractivity contribution < 1.29 is 13.4 Å². The Labute approximate surface area is 138 Å². The second-order valence-electron chi connectivity index (χ2n) is 5.38. The zero-order valence-corrected chi connectivity index (χ0v) is 13.9. The molecule has 0 aromatic heterocycles. The number of hydrogen-bond acceptors (Lipinski definition) is 2. The first kappa shape index (κ1) is 17.3. The van der Waals surface area contributed by atoms with Crippen molar-refractivity contribution in [1.29, 1.82) is 0 Å². The van der Waals surface area contributed by atoms with Crippen molar-refractivity contribution in [2.45, 2.75) is 19.1 Å². The monoisotopic (exact) mass is 333 g/mol. The summed E-state index contributed by atoms with van der Waals surface area (Å²) in [6.45, 7) is 2.55. The molecule has 0 radical (unpaired) electrons. The molecule has 0 unspecified atom stereocenters. The van der Waals surface area contributed by atoms with Crippen LogP contribution in [0.2, 0.25) is 0 Å². The van der Waals surface area contributed by atoms with E-state index in [1.807, 2.05) is 31.2 Å². The van der Waals surface area contributed by atoms with Crippen LogP contribution in [0.15, 0.2) is 48.5 Å². The van der Waals surface area contributed by atoms with Gasteiger partial charge in [-0.15, -0.1) is 0 Å². The Kier molecular flexibility index (Phi) is 6.47. The largest absolute Gasteiger partial charge is 0.355 e. The molecule has 5 heteroatoms. The number of benzene rings is 2. The summed E-state index contributed by atoms with van der Waals surface area (Å²) in [5.41, 5.74) is 3.01. The maximum atomic E-state index is 13.1. The van der Waals surface area contributed by atoms with E-state index in [0.717, 1.165) is 6.42 Å². The molecule has 0 saturated heterocycles. The second-order valence-corrected chi connectivity index (χ2v) is 6.84. The van der Waals surface area contributed by atoms with Crippen molar-refractivity contribution in [2.24, 2.45) is 0 Å². The molecule has 1 amide bonds. The molecule has 0 heterocycles. The van der Waals surface area contributed by atoms with Gasteiger partial charge in [0.1, 0.15) is 11.6 Å². The highest BCUT2D eigenvalue weighted by Crippen LogP contribution is 2.08. The molecule has 0 fully saturated rings. The second kappa shape index (κ2) is 8.58. The number of hydrogen-bond donors (Lipinski definition) is 1. The van der Waals surface area contributed by atoms with Crippen molar-refractivity contribution in [3.8, 4) is 0 Å². The highest BCUT2D eigenvalue weighted by Gasteiger charge is 2.09. The van der Waals surface area contributed by atoms with E-state index in [9.17, 15) is 13.4 Å². The molecule has 0 saturated carbocycles. The van der Waals surface area contributed by atoms with Gasteiger partial charge in [-0.2, -0.15) is 0 Å². The molecular weight excluding hydrogens is 313 g/mol. The Morgan fingerprint density at radius 3 is 2.70 bits per heavy atom. The molecule has 0 aliphatic heterocycles. The summed E-state index contributed by atoms with van der Waals surface area (Å²) in [6.07, 6.45) is 0.745. The molecule has 0 aliphatic rings. The molecular formula is C18H20FNO2S. The average Bonchev–Trinajstić information content (AvgIpc) is 2.49. The van der Waals surface area contributed by atoms with Crippen LogP contribution in [0.1, 0.15) is 16.7 Å². The van der Waals surface area contributed by atoms with E-state index >= 15 is 0 Å². The zero-order chi connectivity index (χ0) is 16.7. The normalized spacial score (nSPS) is 11.9. The summed E-state index contributed by atoms with van der Waals surface area (Å²) in [7, 11) is -1.34. The van der Waals surface area contributed by atoms with Crippen LogP contribution in [0.3, 0.4) is 0 Å². The molecule has 1 atom stereocenters. The molecule has 2 rings (SSSR count). The Morgan fingerprint density at radius 1 is 1.17 bits per heavy atom. The highest BCUT2D eigenvalue weighted by atomic mass is 32.2. The van der Waals surface area contributed by atoms with Crippen LogP contribution >= 0.6 is 0 Å². The van der Waals surface area contributed by atoms with Crippen molar-refractivity contribution in [3.63, 3.8) is 0 Å². The summed E-state index contributed by atoms with van der Waals surface area (Å²) in [5, 5.41) is 2.78. The fourth-order valence-electron chi connectivity index (χ4n) is 2.29. The van der Waals surface area contributed by atoms with E-state index in [1.165, 1.54) is 23.3 Å². The molecule has 1 N–H and O–H groups in total. The summed E-state index contributed by atoms with van der Waals surface area (Å²) >= 11 is 0. The van der Waals surface area contributed by atoms with E-state index in [-0.39, 0.29) is 23.2 Å². The topological polar surface area (TPSA) is 46.2 Å². The number of nitrogens with one attached hydrogen (secondary N) is 1. The predicted molar refractivity (Wildman–Crippen MR) is 91.0 cm³/mol. The Bertz CT molecular complexity index is 703. The zero-order valence-electron chi connectivity index (χ0n) is 13.0. The quantitative estimate of drug-likeness (QED) is 0.847. The third-order valence-electron chi connectivity index (χ3n) is 3.49. The number of halogens is 1. The fraction of sp³-hybridized carbons (Fsp3) is 0.278. The Morgan fingerprint density at radius 2 is 1.96 bits per heavy atom. The minimum Gasteiger partial charge on any atom is -0.355 e. The van der Waals surface area contributed by atoms with Crippen LogP contribution in [-0.2, 0) is 27.8 Å². The lowest BCUT2D eigenvalue weighted by Crippen LogP contribution is -2.30. The van der Waals surface area contributed by atoms with E-state index in [4.69, 9.17) is 0 Å². The molecule has 3 nitrogen and oxygen atoms in total. The minimum absolute atomic E-state index is 0.0652. The van der Waals surface area contributed by atoms with Crippen LogP contribution in [0.25, 0.3) is 0 Å². The predicted octanol–water partition coefficient (Wildman–Crippen LogP) is 2.74. The van der Waals surface area contributed by atoms with Gasteiger partial charge in [-0.25, -0.2) is 4.39 Å². The van der Waals surface area contributed by atoms with E-state index in [1.54, 1.807) is 12.1 Å². The lowest BCUT2D eigenvalue weighted by molar-refractivity contribution is -0.118. The van der Waals surface area contributed by atoms with Gasteiger partial charge in [0.05, 0.1) is 0 Å². The van der Waals surface area contributed by atoms with Crippen molar-refractivity contribution >= 4 is 16.7 Å². The van der Waals surface area contributed by atoms with Crippen LogP contribution < -0.4 is 5.32 Å². The van der Waals surface area contributed by atoms with E-state index in [0.29, 0.717) is 12.1 Å². The summed E-state index contributed by atoms with van der Waals surface area (Å²) in [5.74, 6) is -0.483. The third-order valence-corrected chi connectivity index (χ3v) is 4.73. The average molecular weight is 333 g/mol. The number of aryl methyl sites for hydroxylation is 1. The number of amides is 1. The van der Waals surface area contributed by atoms with Gasteiger partial charge in [-0.1, -0.05) is 36.4 Å². The van der Waals surface area contributed by atoms with Gasteiger partial charge >= 0.3 is 0 Å². The van der Waals surface area contributed by atoms with E-state index in [2.05, 4.69) is 5.32 Å². The van der Waals surface area contributed by atoms with Crippen LogP contribution in [-0.4, -0.2) is 22.4 Å². The van der Waals surface area contributed by atoms with Crippen molar-refractivity contribution in [1.82, 2.24) is 5.32 Å². The van der Waals surface area contributed by atoms with Crippen LogP contribution in [0.5, 0.6) is 0 Å². The van der Waals surface area contributed by atoms with Gasteiger partial charge < -0.3 is 5.32 Å². The molecule has 0 spiro atoms. The van der Waals surface area contributed by atoms with Crippen molar-refractivity contribution in [2.75, 3.05) is 12.3 Å². The minimum atomic E-state index is -1.34. The standard InChI is InChI=1S/C18H20FNO2S/c1-14-5-2-3-7-16(14)9-10-20-18(21)13-23(22)12-15-6-4-8-17(19)11-15/h2-8,11H,9-10,12-13H2,1H3,(H,20,21)/t23-/m0/s1. The third kappa shape index (κ3) is 5.94. The van der Waals surface area contributed by atoms with Crippen LogP contribution in [0, 0.1) is 12.7 Å². The Hall–Kier alpha value is -2.01. The van der Waals surface area contributed by atoms with Gasteiger partial charge in [0.2, 0.25) is 5.91 Å². The molecule has 122 valence electrons. The first-order valence-corrected chi connectivity index (χ1v) is 8.94. The Balaban J connectivity index is 1.74. The van der Waals surface area contributed by atoms with Crippen LogP contribution in [0.4, 0.5) is 4.39 Å². The molecule has 0 bridgehead atoms. The molecule has 0 aliphatic carbocycles. The lowest BCUT2D eigenvalue weighted by atomic mass is 10.1.